The van der Waals surface area contributed by atoms with Gasteiger partial charge in [-0.25, -0.2) is 4.98 Å². The minimum atomic E-state index is 0.734. The van der Waals surface area contributed by atoms with Crippen molar-refractivity contribution < 1.29 is 4.74 Å². The first-order valence-electron chi connectivity index (χ1n) is 7.74. The van der Waals surface area contributed by atoms with Gasteiger partial charge in [0.25, 0.3) is 0 Å². The van der Waals surface area contributed by atoms with Crippen LogP contribution in [-0.4, -0.2) is 38.3 Å². The molecule has 0 saturated carbocycles. The average Bonchev–Trinajstić information content (AvgIpc) is 2.49. The number of nitrogens with one attached hydrogen (secondary N) is 1. The van der Waals surface area contributed by atoms with E-state index < -0.39 is 0 Å². The van der Waals surface area contributed by atoms with Crippen molar-refractivity contribution >= 4 is 5.82 Å². The van der Waals surface area contributed by atoms with E-state index in [1.54, 1.807) is 0 Å². The molecule has 1 aliphatic rings. The molecule has 1 fully saturated rings. The summed E-state index contributed by atoms with van der Waals surface area (Å²) in [5, 5.41) is 3.44. The van der Waals surface area contributed by atoms with Crippen molar-refractivity contribution in [2.45, 2.75) is 32.7 Å². The van der Waals surface area contributed by atoms with Gasteiger partial charge in [-0.15, -0.1) is 0 Å². The first-order chi connectivity index (χ1) is 9.79. The number of rotatable bonds is 7. The molecular weight excluding hydrogens is 250 g/mol. The van der Waals surface area contributed by atoms with Crippen LogP contribution >= 0.6 is 0 Å². The molecule has 0 spiro atoms. The molecule has 0 bridgehead atoms. The smallest absolute Gasteiger partial charge is 0.128 e. The number of hydrogen-bond donors (Lipinski definition) is 1. The second kappa shape index (κ2) is 8.22. The molecule has 0 radical (unpaired) electrons. The minimum absolute atomic E-state index is 0.734. The van der Waals surface area contributed by atoms with E-state index in [1.165, 1.54) is 24.8 Å². The molecule has 2 heterocycles. The van der Waals surface area contributed by atoms with Crippen molar-refractivity contribution in [3.63, 3.8) is 0 Å². The summed E-state index contributed by atoms with van der Waals surface area (Å²) >= 11 is 0. The third kappa shape index (κ3) is 4.76. The van der Waals surface area contributed by atoms with Crippen LogP contribution in [0, 0.1) is 5.92 Å². The summed E-state index contributed by atoms with van der Waals surface area (Å²) in [7, 11) is 2.14. The highest BCUT2D eigenvalue weighted by molar-refractivity contribution is 5.40. The molecule has 112 valence electrons. The summed E-state index contributed by atoms with van der Waals surface area (Å²) in [5.74, 6) is 1.81. The summed E-state index contributed by atoms with van der Waals surface area (Å²) in [6, 6.07) is 4.29. The number of nitrogens with zero attached hydrogens (tertiary/aromatic N) is 2. The highest BCUT2D eigenvalue weighted by Gasteiger charge is 2.16. The molecule has 0 aliphatic carbocycles. The summed E-state index contributed by atoms with van der Waals surface area (Å²) in [6.45, 7) is 7.07. The third-order valence-electron chi connectivity index (χ3n) is 3.83. The van der Waals surface area contributed by atoms with Gasteiger partial charge in [-0.05, 0) is 49.4 Å². The van der Waals surface area contributed by atoms with Crippen molar-refractivity contribution in [1.29, 1.82) is 0 Å². The highest BCUT2D eigenvalue weighted by atomic mass is 16.5. The molecule has 4 nitrogen and oxygen atoms in total. The monoisotopic (exact) mass is 277 g/mol. The molecule has 1 aromatic rings. The molecule has 1 saturated heterocycles. The lowest BCUT2D eigenvalue weighted by atomic mass is 10.00. The zero-order valence-electron chi connectivity index (χ0n) is 12.8. The average molecular weight is 277 g/mol. The van der Waals surface area contributed by atoms with Crippen LogP contribution in [0.25, 0.3) is 0 Å². The summed E-state index contributed by atoms with van der Waals surface area (Å²) in [4.78, 5) is 6.78. The number of pyridine rings is 1. The molecule has 2 rings (SSSR count). The van der Waals surface area contributed by atoms with Crippen LogP contribution in [0.1, 0.15) is 31.7 Å². The maximum Gasteiger partial charge on any atom is 0.128 e. The molecule has 4 heteroatoms. The fourth-order valence-electron chi connectivity index (χ4n) is 2.60. The molecule has 1 N–H and O–H groups in total. The van der Waals surface area contributed by atoms with Gasteiger partial charge in [0.05, 0.1) is 0 Å². The molecule has 1 aromatic heterocycles. The Kier molecular flexibility index (Phi) is 6.27. The summed E-state index contributed by atoms with van der Waals surface area (Å²) in [5.41, 5.74) is 1.31. The van der Waals surface area contributed by atoms with Crippen LogP contribution in [0.2, 0.25) is 0 Å². The zero-order chi connectivity index (χ0) is 14.2. The quantitative estimate of drug-likeness (QED) is 0.777. The van der Waals surface area contributed by atoms with E-state index >= 15 is 0 Å². The van der Waals surface area contributed by atoms with Crippen molar-refractivity contribution in [1.82, 2.24) is 10.3 Å². The Morgan fingerprint density at radius 1 is 1.40 bits per heavy atom. The van der Waals surface area contributed by atoms with Crippen LogP contribution in [0.4, 0.5) is 5.82 Å². The van der Waals surface area contributed by atoms with Crippen molar-refractivity contribution in [2.24, 2.45) is 5.92 Å². The van der Waals surface area contributed by atoms with Crippen molar-refractivity contribution in [3.8, 4) is 0 Å². The normalized spacial score (nSPS) is 16.3. The molecular formula is C16H27N3O. The topological polar surface area (TPSA) is 37.4 Å². The zero-order valence-corrected chi connectivity index (χ0v) is 12.8. The highest BCUT2D eigenvalue weighted by Crippen LogP contribution is 2.19. The fourth-order valence-corrected chi connectivity index (χ4v) is 2.60. The van der Waals surface area contributed by atoms with Gasteiger partial charge in [0.1, 0.15) is 5.82 Å². The Morgan fingerprint density at radius 2 is 2.20 bits per heavy atom. The van der Waals surface area contributed by atoms with Gasteiger partial charge < -0.3 is 15.0 Å². The Morgan fingerprint density at radius 3 is 2.95 bits per heavy atom. The largest absolute Gasteiger partial charge is 0.381 e. The Bertz CT molecular complexity index is 391. The summed E-state index contributed by atoms with van der Waals surface area (Å²) in [6.07, 6.45) is 5.42. The molecule has 0 aromatic carbocycles. The summed E-state index contributed by atoms with van der Waals surface area (Å²) < 4.78 is 5.42. The Labute approximate surface area is 122 Å². The predicted molar refractivity (Wildman–Crippen MR) is 83.0 cm³/mol. The van der Waals surface area contributed by atoms with E-state index in [9.17, 15) is 0 Å². The van der Waals surface area contributed by atoms with Gasteiger partial charge in [0.2, 0.25) is 0 Å². The van der Waals surface area contributed by atoms with Crippen molar-refractivity contribution in [3.05, 3.63) is 23.9 Å². The van der Waals surface area contributed by atoms with E-state index in [-0.39, 0.29) is 0 Å². The van der Waals surface area contributed by atoms with E-state index in [4.69, 9.17) is 4.74 Å². The standard InChI is InChI=1S/C16H27N3O/c1-3-7-17-12-15-4-8-18-16(11-15)19(2)13-14-5-9-20-10-6-14/h4,8,11,14,17H,3,5-7,9-10,12-13H2,1-2H3. The first-order valence-corrected chi connectivity index (χ1v) is 7.74. The lowest BCUT2D eigenvalue weighted by Crippen LogP contribution is -2.30. The van der Waals surface area contributed by atoms with Crippen LogP contribution < -0.4 is 10.2 Å². The van der Waals surface area contributed by atoms with Crippen LogP contribution in [-0.2, 0) is 11.3 Å². The predicted octanol–water partition coefficient (Wildman–Crippen LogP) is 2.44. The molecule has 20 heavy (non-hydrogen) atoms. The molecule has 0 amide bonds. The SMILES string of the molecule is CCCNCc1ccnc(N(C)CC2CCOCC2)c1. The maximum absolute atomic E-state index is 5.42. The lowest BCUT2D eigenvalue weighted by molar-refractivity contribution is 0.0685. The Hall–Kier alpha value is -1.13. The van der Waals surface area contributed by atoms with Gasteiger partial charge in [-0.1, -0.05) is 6.92 Å². The van der Waals surface area contributed by atoms with E-state index in [2.05, 4.69) is 41.3 Å². The molecule has 0 unspecified atom stereocenters. The fraction of sp³-hybridized carbons (Fsp3) is 0.688. The van der Waals surface area contributed by atoms with Gasteiger partial charge in [-0.3, -0.25) is 0 Å². The number of aromatic nitrogens is 1. The van der Waals surface area contributed by atoms with E-state index in [0.29, 0.717) is 0 Å². The number of anilines is 1. The van der Waals surface area contributed by atoms with Crippen LogP contribution in [0.3, 0.4) is 0 Å². The molecule has 1 aliphatic heterocycles. The van der Waals surface area contributed by atoms with Gasteiger partial charge in [0, 0.05) is 39.5 Å². The Balaban J connectivity index is 1.88. The van der Waals surface area contributed by atoms with Gasteiger partial charge in [-0.2, -0.15) is 0 Å². The molecule has 0 atom stereocenters. The minimum Gasteiger partial charge on any atom is -0.381 e. The number of hydrogen-bond acceptors (Lipinski definition) is 4. The second-order valence-electron chi connectivity index (χ2n) is 5.64. The van der Waals surface area contributed by atoms with Crippen LogP contribution in [0.15, 0.2) is 18.3 Å². The van der Waals surface area contributed by atoms with E-state index in [1.807, 2.05) is 6.20 Å². The van der Waals surface area contributed by atoms with Crippen LogP contribution in [0.5, 0.6) is 0 Å². The maximum atomic E-state index is 5.42. The lowest BCUT2D eigenvalue weighted by Gasteiger charge is -2.28. The van der Waals surface area contributed by atoms with Gasteiger partial charge in [0.15, 0.2) is 0 Å². The van der Waals surface area contributed by atoms with Gasteiger partial charge >= 0.3 is 0 Å². The third-order valence-corrected chi connectivity index (χ3v) is 3.83. The first kappa shape index (κ1) is 15.3. The number of ether oxygens (including phenoxy) is 1. The van der Waals surface area contributed by atoms with Crippen molar-refractivity contribution in [2.75, 3.05) is 38.3 Å². The second-order valence-corrected chi connectivity index (χ2v) is 5.64. The van der Waals surface area contributed by atoms with E-state index in [0.717, 1.165) is 44.6 Å².